The van der Waals surface area contributed by atoms with Gasteiger partial charge in [0.05, 0.1) is 11.9 Å². The monoisotopic (exact) mass is 398 g/mol. The van der Waals surface area contributed by atoms with Crippen LogP contribution in [0.5, 0.6) is 0 Å². The second-order valence-electron chi connectivity index (χ2n) is 7.33. The summed E-state index contributed by atoms with van der Waals surface area (Å²) in [6.45, 7) is 4.48. The van der Waals surface area contributed by atoms with Crippen molar-refractivity contribution in [1.82, 2.24) is 14.5 Å². The van der Waals surface area contributed by atoms with Gasteiger partial charge in [0.2, 0.25) is 10.0 Å². The number of nitrogens with one attached hydrogen (secondary N) is 1. The molecule has 1 aromatic carbocycles. The molecular weight excluding hydrogens is 371 g/mol. The molecule has 1 N–H and O–H groups in total. The van der Waals surface area contributed by atoms with E-state index in [1.165, 1.54) is 16.6 Å². The Hall–Kier alpha value is -1.87. The van der Waals surface area contributed by atoms with Crippen LogP contribution in [0.3, 0.4) is 0 Å². The van der Waals surface area contributed by atoms with Gasteiger partial charge in [-0.3, -0.25) is 0 Å². The van der Waals surface area contributed by atoms with Crippen LogP contribution in [0.15, 0.2) is 24.3 Å². The summed E-state index contributed by atoms with van der Waals surface area (Å²) >= 11 is 0. The fraction of sp³-hybridized carbons (Fsp3) is 0.611. The molecule has 0 aromatic heterocycles. The number of halogens is 1. The molecule has 0 saturated carbocycles. The number of piperidine rings is 1. The molecule has 2 aliphatic rings. The number of benzene rings is 1. The van der Waals surface area contributed by atoms with E-state index < -0.39 is 10.0 Å². The van der Waals surface area contributed by atoms with Crippen LogP contribution in [-0.4, -0.2) is 74.7 Å². The van der Waals surface area contributed by atoms with Crippen molar-refractivity contribution in [2.45, 2.75) is 31.8 Å². The molecule has 150 valence electrons. The Morgan fingerprint density at radius 3 is 2.41 bits per heavy atom. The predicted molar refractivity (Wildman–Crippen MR) is 103 cm³/mol. The number of nitrogens with zero attached hydrogens (tertiary/aromatic N) is 3. The van der Waals surface area contributed by atoms with Crippen molar-refractivity contribution in [1.29, 1.82) is 0 Å². The topological polar surface area (TPSA) is 73.0 Å². The first-order valence-corrected chi connectivity index (χ1v) is 11.1. The first kappa shape index (κ1) is 19.9. The van der Waals surface area contributed by atoms with Crippen LogP contribution in [0.25, 0.3) is 0 Å². The maximum atomic E-state index is 14.0. The van der Waals surface area contributed by atoms with Crippen molar-refractivity contribution in [3.8, 4) is 0 Å². The Bertz CT molecular complexity index is 781. The molecule has 2 aliphatic heterocycles. The Morgan fingerprint density at radius 1 is 1.15 bits per heavy atom. The minimum Gasteiger partial charge on any atom is -0.365 e. The molecule has 7 nitrogen and oxygen atoms in total. The van der Waals surface area contributed by atoms with Crippen molar-refractivity contribution >= 4 is 21.7 Å². The van der Waals surface area contributed by atoms with Crippen LogP contribution in [-0.2, 0) is 10.0 Å². The summed E-state index contributed by atoms with van der Waals surface area (Å²) in [6, 6.07) is 6.48. The number of carbonyl (C=O) groups is 1. The highest BCUT2D eigenvalue weighted by Gasteiger charge is 2.31. The quantitative estimate of drug-likeness (QED) is 0.837. The van der Waals surface area contributed by atoms with E-state index in [1.54, 1.807) is 17.0 Å². The average molecular weight is 399 g/mol. The van der Waals surface area contributed by atoms with Crippen LogP contribution in [0.1, 0.15) is 19.8 Å². The molecule has 3 rings (SSSR count). The number of urea groups is 1. The molecule has 2 heterocycles. The SMILES string of the molecule is CC1CN(c2ccccc2F)CCN1C(=O)NC1CCN(S(C)(=O)=O)CC1. The number of sulfonamides is 1. The number of hydrogen-bond donors (Lipinski definition) is 1. The summed E-state index contributed by atoms with van der Waals surface area (Å²) in [7, 11) is -3.17. The fourth-order valence-corrected chi connectivity index (χ4v) is 4.65. The third kappa shape index (κ3) is 4.70. The third-order valence-electron chi connectivity index (χ3n) is 5.33. The fourth-order valence-electron chi connectivity index (χ4n) is 3.78. The number of rotatable bonds is 3. The van der Waals surface area contributed by atoms with Crippen LogP contribution in [0.4, 0.5) is 14.9 Å². The minimum atomic E-state index is -3.17. The molecule has 2 fully saturated rings. The van der Waals surface area contributed by atoms with Gasteiger partial charge in [0, 0.05) is 44.8 Å². The summed E-state index contributed by atoms with van der Waals surface area (Å²) in [4.78, 5) is 16.4. The number of carbonyl (C=O) groups excluding carboxylic acids is 1. The smallest absolute Gasteiger partial charge is 0.317 e. The molecule has 0 spiro atoms. The van der Waals surface area contributed by atoms with Crippen molar-refractivity contribution in [2.24, 2.45) is 0 Å². The standard InChI is InChI=1S/C18H27FN4O3S/c1-14-13-21(17-6-4-3-5-16(17)19)11-12-23(14)18(24)20-15-7-9-22(10-8-15)27(2,25)26/h3-6,14-15H,7-13H2,1-2H3,(H,20,24). The summed E-state index contributed by atoms with van der Waals surface area (Å²) in [5, 5.41) is 3.03. The van der Waals surface area contributed by atoms with E-state index in [-0.39, 0.29) is 23.9 Å². The Morgan fingerprint density at radius 2 is 1.81 bits per heavy atom. The Balaban J connectivity index is 1.53. The number of piperazine rings is 1. The van der Waals surface area contributed by atoms with Crippen LogP contribution in [0, 0.1) is 5.82 Å². The lowest BCUT2D eigenvalue weighted by Crippen LogP contribution is -2.58. The van der Waals surface area contributed by atoms with Gasteiger partial charge in [-0.25, -0.2) is 21.9 Å². The number of amides is 2. The van der Waals surface area contributed by atoms with Gasteiger partial charge in [-0.15, -0.1) is 0 Å². The molecular formula is C18H27FN4O3S. The Kier molecular flexibility index (Phi) is 5.90. The number of para-hydroxylation sites is 1. The van der Waals surface area contributed by atoms with Gasteiger partial charge in [0.25, 0.3) is 0 Å². The van der Waals surface area contributed by atoms with Crippen molar-refractivity contribution in [2.75, 3.05) is 43.9 Å². The summed E-state index contributed by atoms with van der Waals surface area (Å²) in [6.07, 6.45) is 2.44. The van der Waals surface area contributed by atoms with Gasteiger partial charge in [0.15, 0.2) is 0 Å². The van der Waals surface area contributed by atoms with Gasteiger partial charge >= 0.3 is 6.03 Å². The van der Waals surface area contributed by atoms with Crippen LogP contribution >= 0.6 is 0 Å². The lowest BCUT2D eigenvalue weighted by Gasteiger charge is -2.42. The predicted octanol–water partition coefficient (Wildman–Crippen LogP) is 1.47. The van der Waals surface area contributed by atoms with Gasteiger partial charge in [-0.2, -0.15) is 0 Å². The maximum Gasteiger partial charge on any atom is 0.317 e. The normalized spacial score (nSPS) is 22.7. The zero-order valence-corrected chi connectivity index (χ0v) is 16.6. The molecule has 9 heteroatoms. The first-order chi connectivity index (χ1) is 12.8. The summed E-state index contributed by atoms with van der Waals surface area (Å²) in [5.74, 6) is -0.250. The molecule has 0 aliphatic carbocycles. The summed E-state index contributed by atoms with van der Waals surface area (Å²) in [5.41, 5.74) is 0.567. The molecule has 0 bridgehead atoms. The van der Waals surface area contributed by atoms with E-state index in [2.05, 4.69) is 5.32 Å². The molecule has 2 saturated heterocycles. The second-order valence-corrected chi connectivity index (χ2v) is 9.31. The van der Waals surface area contributed by atoms with Crippen LogP contribution < -0.4 is 10.2 Å². The summed E-state index contributed by atoms with van der Waals surface area (Å²) < 4.78 is 38.6. The number of hydrogen-bond acceptors (Lipinski definition) is 4. The highest BCUT2D eigenvalue weighted by Crippen LogP contribution is 2.22. The van der Waals surface area contributed by atoms with E-state index in [1.807, 2.05) is 17.9 Å². The minimum absolute atomic E-state index is 0.0210. The van der Waals surface area contributed by atoms with Gasteiger partial charge < -0.3 is 15.1 Å². The average Bonchev–Trinajstić information content (AvgIpc) is 2.61. The van der Waals surface area contributed by atoms with E-state index in [0.29, 0.717) is 51.3 Å². The first-order valence-electron chi connectivity index (χ1n) is 9.27. The van der Waals surface area contributed by atoms with Gasteiger partial charge in [-0.1, -0.05) is 12.1 Å². The van der Waals surface area contributed by atoms with Gasteiger partial charge in [-0.05, 0) is 31.9 Å². The Labute approximate surface area is 160 Å². The zero-order valence-electron chi connectivity index (χ0n) is 15.8. The molecule has 1 atom stereocenters. The molecule has 1 unspecified atom stereocenters. The highest BCUT2D eigenvalue weighted by molar-refractivity contribution is 7.88. The van der Waals surface area contributed by atoms with Crippen molar-refractivity contribution < 1.29 is 17.6 Å². The number of anilines is 1. The van der Waals surface area contributed by atoms with Crippen molar-refractivity contribution in [3.63, 3.8) is 0 Å². The third-order valence-corrected chi connectivity index (χ3v) is 6.64. The van der Waals surface area contributed by atoms with E-state index >= 15 is 0 Å². The molecule has 1 aromatic rings. The molecule has 27 heavy (non-hydrogen) atoms. The lowest BCUT2D eigenvalue weighted by molar-refractivity contribution is 0.163. The largest absolute Gasteiger partial charge is 0.365 e. The van der Waals surface area contributed by atoms with Crippen LogP contribution in [0.2, 0.25) is 0 Å². The highest BCUT2D eigenvalue weighted by atomic mass is 32.2. The van der Waals surface area contributed by atoms with Crippen molar-refractivity contribution in [3.05, 3.63) is 30.1 Å². The molecule has 0 radical (unpaired) electrons. The zero-order chi connectivity index (χ0) is 19.6. The molecule has 2 amide bonds. The van der Waals surface area contributed by atoms with E-state index in [4.69, 9.17) is 0 Å². The van der Waals surface area contributed by atoms with E-state index in [9.17, 15) is 17.6 Å². The lowest BCUT2D eigenvalue weighted by atomic mass is 10.1. The second kappa shape index (κ2) is 8.02. The van der Waals surface area contributed by atoms with Gasteiger partial charge in [0.1, 0.15) is 5.82 Å². The van der Waals surface area contributed by atoms with E-state index in [0.717, 1.165) is 0 Å². The maximum absolute atomic E-state index is 14.0.